The van der Waals surface area contributed by atoms with Crippen LogP contribution in [0.15, 0.2) is 63.5 Å². The Bertz CT molecular complexity index is 1690. The smallest absolute Gasteiger partial charge is 0.338 e. The molecule has 1 fully saturated rings. The van der Waals surface area contributed by atoms with E-state index < -0.39 is 16.9 Å². The molecule has 0 N–H and O–H groups in total. The number of nitrogens with zero attached hydrogens (tertiary/aromatic N) is 4. The fourth-order valence-corrected chi connectivity index (χ4v) is 6.06. The molecule has 41 heavy (non-hydrogen) atoms. The molecule has 2 aromatic carbocycles. The van der Waals surface area contributed by atoms with Crippen molar-refractivity contribution < 1.29 is 23.9 Å². The lowest BCUT2D eigenvalue weighted by molar-refractivity contribution is -0.384. The van der Waals surface area contributed by atoms with E-state index in [1.165, 1.54) is 28.0 Å². The number of fused-ring (bicyclic) bond motifs is 1. The monoisotopic (exact) mass is 578 g/mol. The van der Waals surface area contributed by atoms with E-state index in [9.17, 15) is 19.7 Å². The first-order valence-electron chi connectivity index (χ1n) is 13.4. The number of ether oxygens (including phenoxy) is 3. The van der Waals surface area contributed by atoms with E-state index in [2.05, 4.69) is 9.89 Å². The summed E-state index contributed by atoms with van der Waals surface area (Å²) >= 11 is 1.17. The van der Waals surface area contributed by atoms with Crippen LogP contribution in [-0.2, 0) is 14.3 Å². The van der Waals surface area contributed by atoms with Crippen molar-refractivity contribution in [3.8, 4) is 5.75 Å². The Labute approximate surface area is 239 Å². The number of hydrogen-bond acceptors (Lipinski definition) is 10. The van der Waals surface area contributed by atoms with Crippen LogP contribution in [0.3, 0.4) is 0 Å². The number of non-ortho nitro benzene ring substituents is 1. The largest absolute Gasteiger partial charge is 0.494 e. The van der Waals surface area contributed by atoms with E-state index >= 15 is 0 Å². The number of rotatable bonds is 8. The Morgan fingerprint density at radius 3 is 2.56 bits per heavy atom. The van der Waals surface area contributed by atoms with Crippen molar-refractivity contribution in [1.82, 2.24) is 4.57 Å². The van der Waals surface area contributed by atoms with Crippen molar-refractivity contribution in [2.24, 2.45) is 4.99 Å². The zero-order chi connectivity index (χ0) is 29.1. The van der Waals surface area contributed by atoms with Crippen LogP contribution in [0.25, 0.3) is 6.08 Å². The van der Waals surface area contributed by atoms with Gasteiger partial charge in [-0.1, -0.05) is 23.5 Å². The molecular formula is C29H30N4O7S. The zero-order valence-corrected chi connectivity index (χ0v) is 23.8. The summed E-state index contributed by atoms with van der Waals surface area (Å²) in [5.41, 5.74) is 2.32. The van der Waals surface area contributed by atoms with Crippen LogP contribution < -0.4 is 24.5 Å². The topological polar surface area (TPSA) is 126 Å². The number of aromatic nitrogens is 1. The van der Waals surface area contributed by atoms with E-state index in [-0.39, 0.29) is 23.4 Å². The fraction of sp³-hybridized carbons (Fsp3) is 0.345. The standard InChI is InChI=1S/C29H30N4O7S/c1-4-39-22-9-6-19(7-10-22)26-25(28(35)40-5-2)18(3)30-29-32(26)27(34)24(41-29)17-20-16-21(33(36)37)8-11-23(20)31-12-14-38-15-13-31/h6-11,16-17,26H,4-5,12-15H2,1-3H3/b24-17-/t26-/m1/s1. The molecule has 0 radical (unpaired) electrons. The van der Waals surface area contributed by atoms with Gasteiger partial charge >= 0.3 is 5.97 Å². The molecule has 3 heterocycles. The van der Waals surface area contributed by atoms with E-state index in [0.29, 0.717) is 64.8 Å². The van der Waals surface area contributed by atoms with E-state index in [1.54, 1.807) is 38.1 Å². The molecule has 5 rings (SSSR count). The average molecular weight is 579 g/mol. The van der Waals surface area contributed by atoms with Gasteiger partial charge in [-0.2, -0.15) is 0 Å². The third kappa shape index (κ3) is 5.66. The summed E-state index contributed by atoms with van der Waals surface area (Å²) in [6.07, 6.45) is 1.67. The first kappa shape index (κ1) is 28.2. The van der Waals surface area contributed by atoms with Crippen molar-refractivity contribution in [3.63, 3.8) is 0 Å². The van der Waals surface area contributed by atoms with Crippen LogP contribution >= 0.6 is 11.3 Å². The number of allylic oxidation sites excluding steroid dienone is 1. The van der Waals surface area contributed by atoms with Gasteiger partial charge in [-0.3, -0.25) is 19.5 Å². The first-order valence-corrected chi connectivity index (χ1v) is 14.2. The molecule has 0 amide bonds. The van der Waals surface area contributed by atoms with E-state index in [0.717, 1.165) is 5.69 Å². The van der Waals surface area contributed by atoms with Crippen molar-refractivity contribution in [1.29, 1.82) is 0 Å². The molecule has 2 aliphatic rings. The Kier molecular flexibility index (Phi) is 8.31. The van der Waals surface area contributed by atoms with Gasteiger partial charge in [-0.25, -0.2) is 9.79 Å². The Morgan fingerprint density at radius 2 is 1.90 bits per heavy atom. The van der Waals surface area contributed by atoms with Gasteiger partial charge in [-0.05, 0) is 50.6 Å². The van der Waals surface area contributed by atoms with Crippen molar-refractivity contribution in [2.45, 2.75) is 26.8 Å². The molecule has 1 aromatic heterocycles. The van der Waals surface area contributed by atoms with Crippen LogP contribution in [0.4, 0.5) is 11.4 Å². The molecule has 2 aliphatic heterocycles. The highest BCUT2D eigenvalue weighted by molar-refractivity contribution is 7.07. The molecule has 11 nitrogen and oxygen atoms in total. The van der Waals surface area contributed by atoms with Crippen LogP contribution in [0.2, 0.25) is 0 Å². The highest BCUT2D eigenvalue weighted by Gasteiger charge is 2.33. The van der Waals surface area contributed by atoms with Gasteiger partial charge in [0.1, 0.15) is 5.75 Å². The number of hydrogen-bond donors (Lipinski definition) is 0. The minimum absolute atomic E-state index is 0.0752. The molecule has 0 bridgehead atoms. The summed E-state index contributed by atoms with van der Waals surface area (Å²) in [5.74, 6) is 0.124. The lowest BCUT2D eigenvalue weighted by atomic mass is 9.96. The number of anilines is 1. The minimum Gasteiger partial charge on any atom is -0.494 e. The molecule has 0 saturated carbocycles. The molecule has 0 spiro atoms. The summed E-state index contributed by atoms with van der Waals surface area (Å²) in [7, 11) is 0. The fourth-order valence-electron chi connectivity index (χ4n) is 5.02. The molecule has 1 saturated heterocycles. The second kappa shape index (κ2) is 12.1. The Morgan fingerprint density at radius 1 is 1.17 bits per heavy atom. The van der Waals surface area contributed by atoms with Crippen molar-refractivity contribution in [2.75, 3.05) is 44.4 Å². The predicted molar refractivity (Wildman–Crippen MR) is 154 cm³/mol. The molecule has 0 unspecified atom stereocenters. The van der Waals surface area contributed by atoms with Crippen LogP contribution in [0.1, 0.15) is 37.9 Å². The van der Waals surface area contributed by atoms with Gasteiger partial charge in [0.05, 0.1) is 53.2 Å². The zero-order valence-electron chi connectivity index (χ0n) is 23.0. The van der Waals surface area contributed by atoms with E-state index in [4.69, 9.17) is 14.2 Å². The van der Waals surface area contributed by atoms with Gasteiger partial charge in [0, 0.05) is 36.5 Å². The summed E-state index contributed by atoms with van der Waals surface area (Å²) in [4.78, 5) is 45.4. The average Bonchev–Trinajstić information content (AvgIpc) is 3.27. The second-order valence-electron chi connectivity index (χ2n) is 9.40. The summed E-state index contributed by atoms with van der Waals surface area (Å²) in [6.45, 7) is 8.34. The highest BCUT2D eigenvalue weighted by atomic mass is 32.1. The van der Waals surface area contributed by atoms with Gasteiger partial charge in [0.15, 0.2) is 4.80 Å². The first-order chi connectivity index (χ1) is 19.8. The van der Waals surface area contributed by atoms with E-state index in [1.807, 2.05) is 19.1 Å². The maximum absolute atomic E-state index is 14.0. The summed E-state index contributed by atoms with van der Waals surface area (Å²) in [5, 5.41) is 11.6. The number of benzene rings is 2. The normalized spacial score (nSPS) is 17.2. The summed E-state index contributed by atoms with van der Waals surface area (Å²) < 4.78 is 18.3. The van der Waals surface area contributed by atoms with Crippen LogP contribution in [0, 0.1) is 10.1 Å². The third-order valence-electron chi connectivity index (χ3n) is 6.88. The highest BCUT2D eigenvalue weighted by Crippen LogP contribution is 2.32. The number of thiazole rings is 1. The maximum Gasteiger partial charge on any atom is 0.338 e. The Hall–Kier alpha value is -4.29. The predicted octanol–water partition coefficient (Wildman–Crippen LogP) is 2.94. The number of esters is 1. The van der Waals surface area contributed by atoms with Crippen molar-refractivity contribution in [3.05, 3.63) is 94.7 Å². The maximum atomic E-state index is 14.0. The van der Waals surface area contributed by atoms with Gasteiger partial charge in [0.2, 0.25) is 0 Å². The van der Waals surface area contributed by atoms with Gasteiger partial charge < -0.3 is 19.1 Å². The SMILES string of the molecule is CCOC(=O)C1=C(C)N=c2s/c(=C\c3cc([N+](=O)[O-])ccc3N3CCOCC3)c(=O)n2[C@@H]1c1ccc(OCC)cc1. The molecule has 0 aliphatic carbocycles. The molecular weight excluding hydrogens is 548 g/mol. The number of carbonyl (C=O) groups is 1. The van der Waals surface area contributed by atoms with Gasteiger partial charge in [-0.15, -0.1) is 0 Å². The quantitative estimate of drug-likeness (QED) is 0.227. The lowest BCUT2D eigenvalue weighted by Crippen LogP contribution is -2.40. The number of morpholine rings is 1. The lowest BCUT2D eigenvalue weighted by Gasteiger charge is -2.30. The van der Waals surface area contributed by atoms with Crippen molar-refractivity contribution >= 4 is 34.8 Å². The minimum atomic E-state index is -0.771. The number of carbonyl (C=O) groups excluding carboxylic acids is 1. The molecule has 12 heteroatoms. The number of nitro benzene ring substituents is 1. The Balaban J connectivity index is 1.69. The second-order valence-corrected chi connectivity index (χ2v) is 10.4. The van der Waals surface area contributed by atoms with Crippen LogP contribution in [-0.4, -0.2) is 55.0 Å². The van der Waals surface area contributed by atoms with Gasteiger partial charge in [0.25, 0.3) is 11.2 Å². The molecule has 3 aromatic rings. The summed E-state index contributed by atoms with van der Waals surface area (Å²) in [6, 6.07) is 11.1. The number of nitro groups is 1. The molecule has 1 atom stereocenters. The van der Waals surface area contributed by atoms with Crippen LogP contribution in [0.5, 0.6) is 5.75 Å². The third-order valence-corrected chi connectivity index (χ3v) is 7.87. The molecule has 214 valence electrons.